The second-order valence-electron chi connectivity index (χ2n) is 7.15. The first-order chi connectivity index (χ1) is 14.3. The predicted molar refractivity (Wildman–Crippen MR) is 120 cm³/mol. The molecule has 8 heteroatoms. The van der Waals surface area contributed by atoms with Gasteiger partial charge in [-0.25, -0.2) is 14.8 Å². The largest absolute Gasteiger partial charge is 0.462 e. The first-order valence-electron chi connectivity index (χ1n) is 9.52. The van der Waals surface area contributed by atoms with Crippen molar-refractivity contribution in [3.05, 3.63) is 67.2 Å². The fourth-order valence-electron chi connectivity index (χ4n) is 3.46. The number of rotatable bonds is 4. The van der Waals surface area contributed by atoms with Gasteiger partial charge in [-0.1, -0.05) is 23.7 Å². The maximum absolute atomic E-state index is 13.1. The van der Waals surface area contributed by atoms with Crippen molar-refractivity contribution in [2.45, 2.75) is 34.2 Å². The molecule has 0 radical (unpaired) electrons. The number of aromatic nitrogens is 3. The molecule has 6 nitrogen and oxygen atoms in total. The number of pyridine rings is 1. The third-order valence-corrected chi connectivity index (χ3v) is 6.76. The van der Waals surface area contributed by atoms with Gasteiger partial charge in [0.15, 0.2) is 0 Å². The van der Waals surface area contributed by atoms with Crippen LogP contribution in [0.25, 0.3) is 21.1 Å². The number of esters is 1. The molecule has 154 valence electrons. The van der Waals surface area contributed by atoms with Gasteiger partial charge >= 0.3 is 5.97 Å². The van der Waals surface area contributed by atoms with Crippen LogP contribution < -0.4 is 5.56 Å². The normalized spacial score (nSPS) is 11.4. The molecule has 0 unspecified atom stereocenters. The molecule has 4 rings (SSSR count). The fraction of sp³-hybridized carbons (Fsp3) is 0.273. The van der Waals surface area contributed by atoms with Crippen LogP contribution in [0.4, 0.5) is 0 Å². The van der Waals surface area contributed by atoms with Crippen LogP contribution in [0.2, 0.25) is 5.15 Å². The molecule has 0 atom stereocenters. The molecule has 0 saturated carbocycles. The Balaban J connectivity index is 1.79. The lowest BCUT2D eigenvalue weighted by Gasteiger charge is -2.11. The quantitative estimate of drug-likeness (QED) is 0.335. The van der Waals surface area contributed by atoms with E-state index in [1.165, 1.54) is 22.2 Å². The van der Waals surface area contributed by atoms with Crippen LogP contribution in [0, 0.1) is 20.8 Å². The summed E-state index contributed by atoms with van der Waals surface area (Å²) in [6.45, 7) is 8.05. The van der Waals surface area contributed by atoms with Crippen molar-refractivity contribution < 1.29 is 9.53 Å². The molecule has 0 aliphatic rings. The van der Waals surface area contributed by atoms with Gasteiger partial charge in [-0.15, -0.1) is 11.3 Å². The summed E-state index contributed by atoms with van der Waals surface area (Å²) in [4.78, 5) is 35.2. The number of carbonyl (C=O) groups excluding carboxylic acids is 1. The number of halogens is 1. The van der Waals surface area contributed by atoms with E-state index >= 15 is 0 Å². The van der Waals surface area contributed by atoms with Gasteiger partial charge in [-0.05, 0) is 50.5 Å². The lowest BCUT2D eigenvalue weighted by molar-refractivity contribution is 0.0531. The summed E-state index contributed by atoms with van der Waals surface area (Å²) in [7, 11) is 0. The van der Waals surface area contributed by atoms with Crippen molar-refractivity contribution in [3.63, 3.8) is 0 Å². The minimum absolute atomic E-state index is 0.222. The Hall–Kier alpha value is -2.77. The van der Waals surface area contributed by atoms with Crippen LogP contribution in [-0.4, -0.2) is 27.1 Å². The Morgan fingerprint density at radius 1 is 1.23 bits per heavy atom. The van der Waals surface area contributed by atoms with Crippen molar-refractivity contribution in [2.24, 2.45) is 0 Å². The lowest BCUT2D eigenvalue weighted by Crippen LogP contribution is -2.21. The summed E-state index contributed by atoms with van der Waals surface area (Å²) in [5.74, 6) is -0.434. The molecule has 0 aliphatic heterocycles. The van der Waals surface area contributed by atoms with Crippen LogP contribution >= 0.6 is 22.9 Å². The second-order valence-corrected chi connectivity index (χ2v) is 8.51. The predicted octanol–water partition coefficient (Wildman–Crippen LogP) is 4.81. The van der Waals surface area contributed by atoms with Gasteiger partial charge in [0.25, 0.3) is 5.56 Å². The van der Waals surface area contributed by atoms with Crippen molar-refractivity contribution >= 4 is 50.0 Å². The topological polar surface area (TPSA) is 74.1 Å². The van der Waals surface area contributed by atoms with E-state index in [-0.39, 0.29) is 18.7 Å². The van der Waals surface area contributed by atoms with Gasteiger partial charge in [-0.3, -0.25) is 9.36 Å². The van der Waals surface area contributed by atoms with E-state index in [2.05, 4.69) is 9.97 Å². The van der Waals surface area contributed by atoms with Gasteiger partial charge in [0.1, 0.15) is 14.9 Å². The standard InChI is InChI=1S/C22H20ClN3O3S/c1-5-29-22(28)18-13(4)16-20(30-18)24-10-26(21(16)27)9-15-8-14-7-6-11(2)12(3)17(14)25-19(15)23/h6-8,10H,5,9H2,1-4H3. The molecule has 1 aromatic carbocycles. The third-order valence-electron chi connectivity index (χ3n) is 5.26. The Bertz CT molecular complexity index is 1370. The van der Waals surface area contributed by atoms with Gasteiger partial charge < -0.3 is 4.74 Å². The highest BCUT2D eigenvalue weighted by molar-refractivity contribution is 7.20. The number of thiophene rings is 1. The van der Waals surface area contributed by atoms with E-state index in [0.717, 1.165) is 27.6 Å². The van der Waals surface area contributed by atoms with Crippen LogP contribution in [0.1, 0.15) is 38.8 Å². The molecule has 0 saturated heterocycles. The Kier molecular flexibility index (Phi) is 5.34. The van der Waals surface area contributed by atoms with E-state index in [9.17, 15) is 9.59 Å². The van der Waals surface area contributed by atoms with Gasteiger partial charge in [-0.2, -0.15) is 0 Å². The van der Waals surface area contributed by atoms with Gasteiger partial charge in [0.05, 0.1) is 30.4 Å². The average molecular weight is 442 g/mol. The molecule has 0 N–H and O–H groups in total. The number of ether oxygens (including phenoxy) is 1. The summed E-state index contributed by atoms with van der Waals surface area (Å²) < 4.78 is 6.58. The number of aryl methyl sites for hydroxylation is 3. The number of fused-ring (bicyclic) bond motifs is 2. The zero-order valence-corrected chi connectivity index (χ0v) is 18.6. The monoisotopic (exact) mass is 441 g/mol. The first-order valence-corrected chi connectivity index (χ1v) is 10.7. The highest BCUT2D eigenvalue weighted by Crippen LogP contribution is 2.28. The van der Waals surface area contributed by atoms with Crippen LogP contribution in [0.15, 0.2) is 29.3 Å². The smallest absolute Gasteiger partial charge is 0.348 e. The number of benzene rings is 1. The number of hydrogen-bond donors (Lipinski definition) is 0. The molecule has 3 heterocycles. The van der Waals surface area contributed by atoms with Crippen LogP contribution in [-0.2, 0) is 11.3 Å². The third kappa shape index (κ3) is 3.38. The molecule has 30 heavy (non-hydrogen) atoms. The molecule has 0 fully saturated rings. The first kappa shape index (κ1) is 20.5. The SMILES string of the molecule is CCOC(=O)c1sc2ncn(Cc3cc4ccc(C)c(C)c4nc3Cl)c(=O)c2c1C. The molecular formula is C22H20ClN3O3S. The maximum atomic E-state index is 13.1. The number of carbonyl (C=O) groups is 1. The summed E-state index contributed by atoms with van der Waals surface area (Å²) >= 11 is 7.63. The van der Waals surface area contributed by atoms with E-state index in [1.807, 2.05) is 32.0 Å². The molecule has 0 spiro atoms. The van der Waals surface area contributed by atoms with Crippen molar-refractivity contribution in [2.75, 3.05) is 6.61 Å². The fourth-order valence-corrected chi connectivity index (χ4v) is 4.69. The average Bonchev–Trinajstić information content (AvgIpc) is 3.05. The van der Waals surface area contributed by atoms with Crippen molar-refractivity contribution in [3.8, 4) is 0 Å². The van der Waals surface area contributed by atoms with Gasteiger partial charge in [0.2, 0.25) is 0 Å². The molecule has 3 aromatic heterocycles. The zero-order chi connectivity index (χ0) is 21.6. The Labute approximate surface area is 182 Å². The summed E-state index contributed by atoms with van der Waals surface area (Å²) in [5, 5.41) is 1.76. The van der Waals surface area contributed by atoms with Crippen LogP contribution in [0.3, 0.4) is 0 Å². The van der Waals surface area contributed by atoms with Crippen LogP contribution in [0.5, 0.6) is 0 Å². The van der Waals surface area contributed by atoms with Crippen molar-refractivity contribution in [1.82, 2.24) is 14.5 Å². The maximum Gasteiger partial charge on any atom is 0.348 e. The second kappa shape index (κ2) is 7.81. The summed E-state index contributed by atoms with van der Waals surface area (Å²) in [5.41, 5.74) is 4.19. The summed E-state index contributed by atoms with van der Waals surface area (Å²) in [6.07, 6.45) is 1.48. The number of hydrogen-bond acceptors (Lipinski definition) is 6. The highest BCUT2D eigenvalue weighted by Gasteiger charge is 2.20. The zero-order valence-electron chi connectivity index (χ0n) is 17.1. The summed E-state index contributed by atoms with van der Waals surface area (Å²) in [6, 6.07) is 6.00. The molecule has 0 amide bonds. The Morgan fingerprint density at radius 3 is 2.73 bits per heavy atom. The minimum atomic E-state index is -0.434. The molecular weight excluding hydrogens is 422 g/mol. The molecule has 4 aromatic rings. The van der Waals surface area contributed by atoms with E-state index in [0.29, 0.717) is 25.8 Å². The lowest BCUT2D eigenvalue weighted by atomic mass is 10.0. The molecule has 0 bridgehead atoms. The van der Waals surface area contributed by atoms with E-state index < -0.39 is 5.97 Å². The van der Waals surface area contributed by atoms with E-state index in [1.54, 1.807) is 13.8 Å². The highest BCUT2D eigenvalue weighted by atomic mass is 35.5. The molecule has 0 aliphatic carbocycles. The van der Waals surface area contributed by atoms with Crippen molar-refractivity contribution in [1.29, 1.82) is 0 Å². The Morgan fingerprint density at radius 2 is 2.00 bits per heavy atom. The van der Waals surface area contributed by atoms with Gasteiger partial charge in [0, 0.05) is 10.9 Å². The van der Waals surface area contributed by atoms with E-state index in [4.69, 9.17) is 16.3 Å². The minimum Gasteiger partial charge on any atom is -0.462 e. The number of nitrogens with zero attached hydrogens (tertiary/aromatic N) is 3.